The zero-order valence-electron chi connectivity index (χ0n) is 24.0. The summed E-state index contributed by atoms with van der Waals surface area (Å²) in [5.41, 5.74) is 3.49. The first-order valence-electron chi connectivity index (χ1n) is 15.2. The van der Waals surface area contributed by atoms with E-state index in [0.29, 0.717) is 35.4 Å². The molecule has 1 spiro atoms. The quantitative estimate of drug-likeness (QED) is 0.507. The van der Waals surface area contributed by atoms with Crippen LogP contribution in [0.15, 0.2) is 42.5 Å². The Morgan fingerprint density at radius 2 is 1.78 bits per heavy atom. The van der Waals surface area contributed by atoms with Crippen molar-refractivity contribution < 1.29 is 18.8 Å². The number of hydrogen-bond donors (Lipinski definition) is 2. The topological polar surface area (TPSA) is 81.8 Å². The van der Waals surface area contributed by atoms with Gasteiger partial charge in [-0.2, -0.15) is 0 Å². The normalized spacial score (nSPS) is 23.8. The number of imide groups is 1. The average Bonchev–Trinajstić information content (AvgIpc) is 2.94. The number of piperidine rings is 3. The molecular weight excluding hydrogens is 519 g/mol. The number of nitrogens with zero attached hydrogens (tertiary/aromatic N) is 2. The van der Waals surface area contributed by atoms with Crippen LogP contribution in [0.5, 0.6) is 0 Å². The van der Waals surface area contributed by atoms with Gasteiger partial charge in [0.1, 0.15) is 5.82 Å². The van der Waals surface area contributed by atoms with E-state index in [1.165, 1.54) is 18.9 Å². The Labute approximate surface area is 241 Å². The van der Waals surface area contributed by atoms with Crippen molar-refractivity contribution in [2.24, 2.45) is 11.3 Å². The van der Waals surface area contributed by atoms with Gasteiger partial charge in [-0.1, -0.05) is 23.8 Å². The lowest BCUT2D eigenvalue weighted by Crippen LogP contribution is -2.55. The second-order valence-corrected chi connectivity index (χ2v) is 12.9. The molecule has 41 heavy (non-hydrogen) atoms. The van der Waals surface area contributed by atoms with Crippen LogP contribution in [0.25, 0.3) is 0 Å². The summed E-state index contributed by atoms with van der Waals surface area (Å²) in [5, 5.41) is 5.60. The minimum Gasteiger partial charge on any atom is -0.369 e. The van der Waals surface area contributed by atoms with Crippen LogP contribution in [-0.4, -0.2) is 61.4 Å². The number of carbonyl (C=O) groups excluding carboxylic acids is 3. The molecule has 8 heteroatoms. The fourth-order valence-electron chi connectivity index (χ4n) is 7.49. The first-order chi connectivity index (χ1) is 19.8. The van der Waals surface area contributed by atoms with Crippen molar-refractivity contribution in [1.82, 2.24) is 15.5 Å². The highest BCUT2D eigenvalue weighted by Gasteiger charge is 2.46. The van der Waals surface area contributed by atoms with Crippen LogP contribution in [0, 0.1) is 24.1 Å². The highest BCUT2D eigenvalue weighted by molar-refractivity contribution is 6.01. The first-order valence-corrected chi connectivity index (χ1v) is 15.2. The van der Waals surface area contributed by atoms with Crippen molar-refractivity contribution >= 4 is 23.4 Å². The smallest absolute Gasteiger partial charge is 0.251 e. The van der Waals surface area contributed by atoms with Gasteiger partial charge in [-0.05, 0) is 106 Å². The third-order valence-electron chi connectivity index (χ3n) is 9.98. The van der Waals surface area contributed by atoms with Crippen LogP contribution >= 0.6 is 0 Å². The highest BCUT2D eigenvalue weighted by atomic mass is 19.1. The second kappa shape index (κ2) is 11.6. The van der Waals surface area contributed by atoms with Crippen molar-refractivity contribution in [3.05, 3.63) is 65.0 Å². The van der Waals surface area contributed by atoms with E-state index >= 15 is 4.39 Å². The van der Waals surface area contributed by atoms with Crippen molar-refractivity contribution in [1.29, 1.82) is 0 Å². The maximum atomic E-state index is 15.1. The van der Waals surface area contributed by atoms with Gasteiger partial charge in [0, 0.05) is 37.7 Å². The SMILES string of the molecule is Cc1cccc(C(=O)NC2CC3(CCN(CC4CCN(c5ccc(C6CCC(=O)NC6=O)cc5F)CC4)CC3)C2)c1. The Morgan fingerprint density at radius 3 is 2.46 bits per heavy atom. The third kappa shape index (κ3) is 6.17. The van der Waals surface area contributed by atoms with Gasteiger partial charge in [-0.3, -0.25) is 19.7 Å². The molecular formula is C33H41FN4O3. The number of aryl methyl sites for hydroxylation is 1. The number of halogens is 1. The molecule has 7 nitrogen and oxygen atoms in total. The van der Waals surface area contributed by atoms with Gasteiger partial charge >= 0.3 is 0 Å². The Morgan fingerprint density at radius 1 is 1.02 bits per heavy atom. The number of nitrogens with one attached hydrogen (secondary N) is 2. The zero-order valence-corrected chi connectivity index (χ0v) is 24.0. The Bertz CT molecular complexity index is 1310. The Balaban J connectivity index is 0.928. The van der Waals surface area contributed by atoms with E-state index in [0.717, 1.165) is 69.5 Å². The second-order valence-electron chi connectivity index (χ2n) is 12.9. The summed E-state index contributed by atoms with van der Waals surface area (Å²) in [5.74, 6) is -0.683. The fraction of sp³-hybridized carbons (Fsp3) is 0.545. The standard InChI is InChI=1S/C33H41FN4O3/c1-22-3-2-4-25(17-22)31(40)35-26-19-33(20-26)11-15-37(16-12-33)21-23-9-13-38(14-10-23)29-7-5-24(18-28(29)34)27-6-8-30(39)36-32(27)41/h2-5,7,17-18,23,26-27H,6,8-16,19-21H2,1H3,(H,35,40)(H,36,39,41). The molecule has 1 atom stereocenters. The van der Waals surface area contributed by atoms with Crippen molar-refractivity contribution in [2.75, 3.05) is 37.6 Å². The maximum Gasteiger partial charge on any atom is 0.251 e. The third-order valence-corrected chi connectivity index (χ3v) is 9.98. The van der Waals surface area contributed by atoms with Gasteiger partial charge in [0.05, 0.1) is 11.6 Å². The molecule has 3 aliphatic heterocycles. The molecule has 4 aliphatic rings. The van der Waals surface area contributed by atoms with Crippen LogP contribution in [0.3, 0.4) is 0 Å². The molecule has 0 bridgehead atoms. The molecule has 6 rings (SSSR count). The molecule has 2 aromatic carbocycles. The zero-order chi connectivity index (χ0) is 28.6. The van der Waals surface area contributed by atoms with E-state index in [-0.39, 0.29) is 29.6 Å². The lowest BCUT2D eigenvalue weighted by atomic mass is 9.60. The molecule has 1 saturated carbocycles. The minimum absolute atomic E-state index is 0.0440. The molecule has 4 fully saturated rings. The molecule has 2 N–H and O–H groups in total. The predicted molar refractivity (Wildman–Crippen MR) is 156 cm³/mol. The van der Waals surface area contributed by atoms with Crippen molar-refractivity contribution in [3.8, 4) is 0 Å². The monoisotopic (exact) mass is 560 g/mol. The summed E-state index contributed by atoms with van der Waals surface area (Å²) in [7, 11) is 0. The molecule has 3 heterocycles. The van der Waals surface area contributed by atoms with Gasteiger partial charge in [0.15, 0.2) is 0 Å². The van der Waals surface area contributed by atoms with Crippen LogP contribution in [0.1, 0.15) is 78.8 Å². The van der Waals surface area contributed by atoms with Gasteiger partial charge in [0.25, 0.3) is 5.91 Å². The van der Waals surface area contributed by atoms with E-state index in [2.05, 4.69) is 20.4 Å². The average molecular weight is 561 g/mol. The lowest BCUT2D eigenvalue weighted by Gasteiger charge is -2.52. The molecule has 0 aromatic heterocycles. The first kappa shape index (κ1) is 27.9. The number of amides is 3. The fourth-order valence-corrected chi connectivity index (χ4v) is 7.49. The number of likely N-dealkylation sites (tertiary alicyclic amines) is 1. The minimum atomic E-state index is -0.464. The van der Waals surface area contributed by atoms with E-state index < -0.39 is 5.92 Å². The number of benzene rings is 2. The summed E-state index contributed by atoms with van der Waals surface area (Å²) in [6, 6.07) is 13.2. The molecule has 2 aromatic rings. The van der Waals surface area contributed by atoms with Gasteiger partial charge in [-0.15, -0.1) is 0 Å². The maximum absolute atomic E-state index is 15.1. The van der Waals surface area contributed by atoms with Gasteiger partial charge in [0.2, 0.25) is 11.8 Å². The van der Waals surface area contributed by atoms with Crippen LogP contribution < -0.4 is 15.5 Å². The van der Waals surface area contributed by atoms with Crippen LogP contribution in [0.4, 0.5) is 10.1 Å². The largest absolute Gasteiger partial charge is 0.369 e. The number of hydrogen-bond acceptors (Lipinski definition) is 5. The molecule has 3 saturated heterocycles. The van der Waals surface area contributed by atoms with Crippen molar-refractivity contribution in [2.45, 2.75) is 70.3 Å². The summed E-state index contributed by atoms with van der Waals surface area (Å²) < 4.78 is 15.1. The van der Waals surface area contributed by atoms with Gasteiger partial charge < -0.3 is 15.1 Å². The van der Waals surface area contributed by atoms with Crippen LogP contribution in [-0.2, 0) is 9.59 Å². The van der Waals surface area contributed by atoms with E-state index in [1.54, 1.807) is 6.07 Å². The van der Waals surface area contributed by atoms with E-state index in [4.69, 9.17) is 0 Å². The highest BCUT2D eigenvalue weighted by Crippen LogP contribution is 2.49. The summed E-state index contributed by atoms with van der Waals surface area (Å²) in [6.07, 6.45) is 7.39. The number of carbonyl (C=O) groups is 3. The van der Waals surface area contributed by atoms with Crippen LogP contribution in [0.2, 0.25) is 0 Å². The number of anilines is 1. The van der Waals surface area contributed by atoms with Gasteiger partial charge in [-0.25, -0.2) is 4.39 Å². The summed E-state index contributed by atoms with van der Waals surface area (Å²) in [4.78, 5) is 41.0. The summed E-state index contributed by atoms with van der Waals surface area (Å²) >= 11 is 0. The lowest BCUT2D eigenvalue weighted by molar-refractivity contribution is -0.134. The van der Waals surface area contributed by atoms with E-state index in [9.17, 15) is 14.4 Å². The molecule has 3 amide bonds. The molecule has 1 aliphatic carbocycles. The van der Waals surface area contributed by atoms with E-state index in [1.807, 2.05) is 37.3 Å². The summed E-state index contributed by atoms with van der Waals surface area (Å²) in [6.45, 7) is 7.02. The number of rotatable bonds is 6. The molecule has 1 unspecified atom stereocenters. The molecule has 218 valence electrons. The predicted octanol–water partition coefficient (Wildman–Crippen LogP) is 4.55. The van der Waals surface area contributed by atoms with Crippen molar-refractivity contribution in [3.63, 3.8) is 0 Å². The molecule has 0 radical (unpaired) electrons. The Kier molecular flexibility index (Phi) is 7.86. The Hall–Kier alpha value is -3.26.